The van der Waals surface area contributed by atoms with Gasteiger partial charge >= 0.3 is 0 Å². The molecule has 2 aromatic rings. The Morgan fingerprint density at radius 2 is 1.84 bits per heavy atom. The van der Waals surface area contributed by atoms with Gasteiger partial charge in [-0.3, -0.25) is 4.79 Å². The van der Waals surface area contributed by atoms with E-state index in [-0.39, 0.29) is 25.5 Å². The van der Waals surface area contributed by atoms with Crippen molar-refractivity contribution in [1.82, 2.24) is 4.90 Å². The van der Waals surface area contributed by atoms with Gasteiger partial charge < -0.3 is 26.0 Å². The number of fused-ring (bicyclic) bond motifs is 1. The molecular weight excluding hydrogens is 406 g/mol. The van der Waals surface area contributed by atoms with E-state index < -0.39 is 6.10 Å². The molecule has 0 saturated heterocycles. The first kappa shape index (κ1) is 23.7. The van der Waals surface area contributed by atoms with Crippen LogP contribution in [0.4, 0.5) is 5.69 Å². The third-order valence-electron chi connectivity index (χ3n) is 5.44. The quantitative estimate of drug-likeness (QED) is 0.481. The maximum atomic E-state index is 13.1. The standard InChI is InChI=1S/C25H31N3O4/c1-2-10-28(11-3-12-29)25(32)21-13-20-9-8-19(14-22(20)27-24(26)15-21)17-4-6-18(7-5-17)23(31)16-30/h4-9,13-14,23,29-31H,2-3,10-12,15-16H2,1H3,(H2,26,27). The van der Waals surface area contributed by atoms with Gasteiger partial charge in [0.2, 0.25) is 5.91 Å². The number of hydrogen-bond donors (Lipinski definition) is 4. The van der Waals surface area contributed by atoms with Crippen molar-refractivity contribution in [2.45, 2.75) is 32.3 Å². The smallest absolute Gasteiger partial charge is 0.250 e. The van der Waals surface area contributed by atoms with Gasteiger partial charge in [0, 0.05) is 37.3 Å². The molecule has 0 fully saturated rings. The van der Waals surface area contributed by atoms with Crippen molar-refractivity contribution >= 4 is 23.5 Å². The number of hydrogen-bond acceptors (Lipinski definition) is 6. The van der Waals surface area contributed by atoms with Gasteiger partial charge in [0.05, 0.1) is 12.3 Å². The molecule has 7 nitrogen and oxygen atoms in total. The average molecular weight is 438 g/mol. The van der Waals surface area contributed by atoms with Gasteiger partial charge in [-0.1, -0.05) is 43.3 Å². The molecule has 1 heterocycles. The van der Waals surface area contributed by atoms with E-state index >= 15 is 0 Å². The van der Waals surface area contributed by atoms with Crippen molar-refractivity contribution in [3.8, 4) is 11.1 Å². The summed E-state index contributed by atoms with van der Waals surface area (Å²) in [6.07, 6.45) is 2.60. The van der Waals surface area contributed by atoms with Crippen molar-refractivity contribution in [3.63, 3.8) is 0 Å². The number of aliphatic hydroxyl groups is 3. The van der Waals surface area contributed by atoms with E-state index in [4.69, 9.17) is 15.9 Å². The molecule has 0 aliphatic carbocycles. The summed E-state index contributed by atoms with van der Waals surface area (Å²) in [7, 11) is 0. The van der Waals surface area contributed by atoms with Crippen molar-refractivity contribution < 1.29 is 20.1 Å². The number of amidine groups is 1. The van der Waals surface area contributed by atoms with E-state index in [9.17, 15) is 9.90 Å². The van der Waals surface area contributed by atoms with Crippen LogP contribution in [0.2, 0.25) is 0 Å². The second-order valence-electron chi connectivity index (χ2n) is 7.91. The summed E-state index contributed by atoms with van der Waals surface area (Å²) in [5.41, 5.74) is 10.8. The number of benzene rings is 2. The number of nitrogens with zero attached hydrogens (tertiary/aromatic N) is 2. The molecule has 0 aromatic heterocycles. The minimum atomic E-state index is -0.897. The van der Waals surface area contributed by atoms with Crippen molar-refractivity contribution in [2.24, 2.45) is 10.7 Å². The van der Waals surface area contributed by atoms with Crippen LogP contribution in [0.5, 0.6) is 0 Å². The molecule has 5 N–H and O–H groups in total. The van der Waals surface area contributed by atoms with Crippen LogP contribution in [0.25, 0.3) is 17.2 Å². The van der Waals surface area contributed by atoms with Crippen LogP contribution < -0.4 is 5.73 Å². The van der Waals surface area contributed by atoms with E-state index in [0.717, 1.165) is 23.1 Å². The number of aliphatic hydroxyl groups excluding tert-OH is 3. The number of nitrogens with two attached hydrogens (primary N) is 1. The van der Waals surface area contributed by atoms with Crippen LogP contribution in [0.15, 0.2) is 53.0 Å². The van der Waals surface area contributed by atoms with Gasteiger partial charge in [-0.2, -0.15) is 0 Å². The SMILES string of the molecule is CCCN(CCCO)C(=O)C1=Cc2ccc(-c3ccc(C(O)CO)cc3)cc2N=C(N)C1. The third kappa shape index (κ3) is 5.62. The topological polar surface area (TPSA) is 119 Å². The monoisotopic (exact) mass is 437 g/mol. The minimum absolute atomic E-state index is 0.0433. The maximum absolute atomic E-state index is 13.1. The van der Waals surface area contributed by atoms with E-state index in [1.165, 1.54) is 0 Å². The highest BCUT2D eigenvalue weighted by Gasteiger charge is 2.21. The largest absolute Gasteiger partial charge is 0.396 e. The Balaban J connectivity index is 1.90. The molecule has 1 unspecified atom stereocenters. The third-order valence-corrected chi connectivity index (χ3v) is 5.44. The highest BCUT2D eigenvalue weighted by atomic mass is 16.3. The fourth-order valence-electron chi connectivity index (χ4n) is 3.76. The molecule has 0 spiro atoms. The van der Waals surface area contributed by atoms with Crippen LogP contribution in [0.3, 0.4) is 0 Å². The van der Waals surface area contributed by atoms with Crippen molar-refractivity contribution in [1.29, 1.82) is 0 Å². The number of carbonyl (C=O) groups is 1. The molecule has 2 aromatic carbocycles. The molecule has 1 aliphatic rings. The van der Waals surface area contributed by atoms with Crippen molar-refractivity contribution in [3.05, 3.63) is 59.2 Å². The van der Waals surface area contributed by atoms with Gasteiger partial charge in [0.15, 0.2) is 0 Å². The lowest BCUT2D eigenvalue weighted by atomic mass is 9.99. The van der Waals surface area contributed by atoms with Gasteiger partial charge in [-0.25, -0.2) is 4.99 Å². The van der Waals surface area contributed by atoms with E-state index in [1.54, 1.807) is 17.0 Å². The van der Waals surface area contributed by atoms with Gasteiger partial charge in [0.1, 0.15) is 11.9 Å². The molecule has 170 valence electrons. The first-order chi connectivity index (χ1) is 15.5. The molecule has 1 amide bonds. The predicted molar refractivity (Wildman–Crippen MR) is 126 cm³/mol. The van der Waals surface area contributed by atoms with Gasteiger partial charge in [-0.05, 0) is 41.7 Å². The summed E-state index contributed by atoms with van der Waals surface area (Å²) in [6.45, 7) is 2.87. The summed E-state index contributed by atoms with van der Waals surface area (Å²) >= 11 is 0. The number of amides is 1. The second kappa shape index (κ2) is 11.0. The normalized spacial score (nSPS) is 14.1. The summed E-state index contributed by atoms with van der Waals surface area (Å²) in [4.78, 5) is 19.4. The summed E-state index contributed by atoms with van der Waals surface area (Å²) in [5.74, 6) is 0.300. The Hall–Kier alpha value is -3.00. The molecule has 1 atom stereocenters. The molecule has 0 radical (unpaired) electrons. The Morgan fingerprint density at radius 3 is 2.50 bits per heavy atom. The molecular formula is C25H31N3O4. The Bertz CT molecular complexity index is 999. The lowest BCUT2D eigenvalue weighted by molar-refractivity contribution is -0.127. The van der Waals surface area contributed by atoms with Crippen LogP contribution in [-0.2, 0) is 4.79 Å². The minimum Gasteiger partial charge on any atom is -0.396 e. The zero-order chi connectivity index (χ0) is 23.1. The number of aliphatic imine (C=N–C) groups is 1. The fourth-order valence-corrected chi connectivity index (χ4v) is 3.76. The van der Waals surface area contributed by atoms with Crippen molar-refractivity contribution in [2.75, 3.05) is 26.3 Å². The lowest BCUT2D eigenvalue weighted by Crippen LogP contribution is -2.35. The number of rotatable bonds is 9. The summed E-state index contributed by atoms with van der Waals surface area (Å²) < 4.78 is 0. The molecule has 32 heavy (non-hydrogen) atoms. The zero-order valence-corrected chi connectivity index (χ0v) is 18.4. The molecule has 3 rings (SSSR count). The number of carbonyl (C=O) groups excluding carboxylic acids is 1. The fraction of sp³-hybridized carbons (Fsp3) is 0.360. The zero-order valence-electron chi connectivity index (χ0n) is 18.4. The average Bonchev–Trinajstić information content (AvgIpc) is 2.98. The Labute approximate surface area is 188 Å². The lowest BCUT2D eigenvalue weighted by Gasteiger charge is -2.23. The van der Waals surface area contributed by atoms with Crippen LogP contribution in [0, 0.1) is 0 Å². The highest BCUT2D eigenvalue weighted by molar-refractivity contribution is 6.05. The predicted octanol–water partition coefficient (Wildman–Crippen LogP) is 2.78. The van der Waals surface area contributed by atoms with E-state index in [2.05, 4.69) is 4.99 Å². The summed E-state index contributed by atoms with van der Waals surface area (Å²) in [6, 6.07) is 13.1. The van der Waals surface area contributed by atoms with Crippen LogP contribution in [-0.4, -0.2) is 58.3 Å². The molecule has 7 heteroatoms. The Kier molecular flexibility index (Phi) is 8.16. The van der Waals surface area contributed by atoms with Crippen LogP contribution in [0.1, 0.15) is 43.4 Å². The van der Waals surface area contributed by atoms with E-state index in [0.29, 0.717) is 42.2 Å². The summed E-state index contributed by atoms with van der Waals surface area (Å²) in [5, 5.41) is 28.0. The molecule has 0 bridgehead atoms. The Morgan fingerprint density at radius 1 is 1.12 bits per heavy atom. The molecule has 1 aliphatic heterocycles. The second-order valence-corrected chi connectivity index (χ2v) is 7.91. The first-order valence-corrected chi connectivity index (χ1v) is 10.9. The van der Waals surface area contributed by atoms with Gasteiger partial charge in [0.25, 0.3) is 0 Å². The van der Waals surface area contributed by atoms with Crippen LogP contribution >= 0.6 is 0 Å². The molecule has 0 saturated carbocycles. The first-order valence-electron chi connectivity index (χ1n) is 10.9. The van der Waals surface area contributed by atoms with Gasteiger partial charge in [-0.15, -0.1) is 0 Å². The van der Waals surface area contributed by atoms with E-state index in [1.807, 2.05) is 43.3 Å². The highest BCUT2D eigenvalue weighted by Crippen LogP contribution is 2.32. The maximum Gasteiger partial charge on any atom is 0.250 e.